The van der Waals surface area contributed by atoms with Gasteiger partial charge in [0.2, 0.25) is 10.0 Å². The van der Waals surface area contributed by atoms with E-state index in [-0.39, 0.29) is 29.2 Å². The van der Waals surface area contributed by atoms with Gasteiger partial charge in [0.1, 0.15) is 5.69 Å². The number of rotatable bonds is 9. The van der Waals surface area contributed by atoms with Crippen LogP contribution in [0.2, 0.25) is 0 Å². The molecule has 0 fully saturated rings. The third-order valence-electron chi connectivity index (χ3n) is 4.23. The SMILES string of the molecule is C=CCNS(=O)(=O)Cc1ccc(NC(=O)c2ccc(-n3ccnc3)c([N+](=O)[O-])c2)cc1. The quantitative estimate of drug-likeness (QED) is 0.298. The number of nitrogens with zero attached hydrogens (tertiary/aromatic N) is 3. The number of carbonyl (C=O) groups is 1. The van der Waals surface area contributed by atoms with Crippen LogP contribution in [0.15, 0.2) is 73.8 Å². The topological polar surface area (TPSA) is 136 Å². The molecule has 0 spiro atoms. The fraction of sp³-hybridized carbons (Fsp3) is 0.100. The fourth-order valence-electron chi connectivity index (χ4n) is 2.77. The number of nitro groups is 1. The van der Waals surface area contributed by atoms with Crippen LogP contribution in [-0.4, -0.2) is 35.3 Å². The van der Waals surface area contributed by atoms with E-state index in [4.69, 9.17) is 0 Å². The Morgan fingerprint density at radius 2 is 1.97 bits per heavy atom. The molecule has 0 aliphatic heterocycles. The number of benzene rings is 2. The number of anilines is 1. The summed E-state index contributed by atoms with van der Waals surface area (Å²) in [6.07, 6.45) is 5.94. The lowest BCUT2D eigenvalue weighted by atomic mass is 10.1. The molecule has 0 unspecified atom stereocenters. The van der Waals surface area contributed by atoms with Crippen LogP contribution in [0, 0.1) is 10.1 Å². The fourth-order valence-corrected chi connectivity index (χ4v) is 3.88. The highest BCUT2D eigenvalue weighted by atomic mass is 32.2. The average molecular weight is 441 g/mol. The van der Waals surface area contributed by atoms with Gasteiger partial charge in [0, 0.05) is 36.3 Å². The summed E-state index contributed by atoms with van der Waals surface area (Å²) in [4.78, 5) is 27.3. The number of nitrogens with one attached hydrogen (secondary N) is 2. The number of hydrogen-bond acceptors (Lipinski definition) is 6. The Morgan fingerprint density at radius 1 is 1.23 bits per heavy atom. The first-order valence-electron chi connectivity index (χ1n) is 9.04. The summed E-state index contributed by atoms with van der Waals surface area (Å²) in [6.45, 7) is 3.60. The minimum absolute atomic E-state index is 0.107. The van der Waals surface area contributed by atoms with Crippen molar-refractivity contribution in [2.75, 3.05) is 11.9 Å². The van der Waals surface area contributed by atoms with E-state index in [9.17, 15) is 23.3 Å². The lowest BCUT2D eigenvalue weighted by Crippen LogP contribution is -2.25. The summed E-state index contributed by atoms with van der Waals surface area (Å²) in [5.74, 6) is -0.745. The van der Waals surface area contributed by atoms with Crippen molar-refractivity contribution in [3.8, 4) is 5.69 Å². The highest BCUT2D eigenvalue weighted by Crippen LogP contribution is 2.25. The number of amides is 1. The summed E-state index contributed by atoms with van der Waals surface area (Å²) in [5, 5.41) is 14.1. The molecule has 1 heterocycles. The van der Waals surface area contributed by atoms with Gasteiger partial charge in [-0.1, -0.05) is 18.2 Å². The third-order valence-corrected chi connectivity index (χ3v) is 5.55. The second-order valence-corrected chi connectivity index (χ2v) is 8.28. The van der Waals surface area contributed by atoms with Crippen LogP contribution in [0.5, 0.6) is 0 Å². The zero-order valence-electron chi connectivity index (χ0n) is 16.3. The second kappa shape index (κ2) is 9.32. The molecule has 3 aromatic rings. The van der Waals surface area contributed by atoms with Gasteiger partial charge >= 0.3 is 0 Å². The number of aromatic nitrogens is 2. The van der Waals surface area contributed by atoms with Gasteiger partial charge in [-0.2, -0.15) is 0 Å². The number of hydrogen-bond donors (Lipinski definition) is 2. The molecule has 10 nitrogen and oxygen atoms in total. The highest BCUT2D eigenvalue weighted by Gasteiger charge is 2.19. The number of nitro benzene ring substituents is 1. The molecule has 0 aliphatic carbocycles. The van der Waals surface area contributed by atoms with E-state index in [1.807, 2.05) is 0 Å². The molecule has 2 N–H and O–H groups in total. The van der Waals surface area contributed by atoms with Gasteiger partial charge in [-0.3, -0.25) is 14.9 Å². The molecule has 0 saturated heterocycles. The molecule has 31 heavy (non-hydrogen) atoms. The predicted molar refractivity (Wildman–Crippen MR) is 115 cm³/mol. The van der Waals surface area contributed by atoms with E-state index >= 15 is 0 Å². The van der Waals surface area contributed by atoms with Gasteiger partial charge in [0.05, 0.1) is 17.0 Å². The minimum Gasteiger partial charge on any atom is -0.322 e. The third kappa shape index (κ3) is 5.62. The normalized spacial score (nSPS) is 11.1. The molecule has 0 bridgehead atoms. The highest BCUT2D eigenvalue weighted by molar-refractivity contribution is 7.88. The Kier molecular flexibility index (Phi) is 6.58. The minimum atomic E-state index is -3.49. The predicted octanol–water partition coefficient (Wildman–Crippen LogP) is 2.64. The summed E-state index contributed by atoms with van der Waals surface area (Å²) in [7, 11) is -3.49. The van der Waals surface area contributed by atoms with Crippen molar-refractivity contribution in [2.24, 2.45) is 0 Å². The Balaban J connectivity index is 1.73. The van der Waals surface area contributed by atoms with E-state index in [2.05, 4.69) is 21.6 Å². The Hall–Kier alpha value is -3.83. The number of carbonyl (C=O) groups excluding carboxylic acids is 1. The van der Waals surface area contributed by atoms with Gasteiger partial charge in [-0.05, 0) is 29.8 Å². The van der Waals surface area contributed by atoms with Crippen molar-refractivity contribution in [3.05, 3.63) is 95.1 Å². The van der Waals surface area contributed by atoms with Crippen molar-refractivity contribution in [2.45, 2.75) is 5.75 Å². The lowest BCUT2D eigenvalue weighted by molar-refractivity contribution is -0.384. The monoisotopic (exact) mass is 441 g/mol. The first kappa shape index (κ1) is 21.9. The molecular weight excluding hydrogens is 422 g/mol. The molecule has 3 rings (SSSR count). The smallest absolute Gasteiger partial charge is 0.294 e. The van der Waals surface area contributed by atoms with E-state index in [1.165, 1.54) is 41.4 Å². The summed E-state index contributed by atoms with van der Waals surface area (Å²) in [6, 6.07) is 10.4. The summed E-state index contributed by atoms with van der Waals surface area (Å²) in [5.41, 5.74) is 1.12. The number of imidazole rings is 1. The maximum Gasteiger partial charge on any atom is 0.294 e. The van der Waals surface area contributed by atoms with Gasteiger partial charge in [-0.25, -0.2) is 18.1 Å². The van der Waals surface area contributed by atoms with Crippen LogP contribution >= 0.6 is 0 Å². The van der Waals surface area contributed by atoms with Gasteiger partial charge in [0.25, 0.3) is 11.6 Å². The van der Waals surface area contributed by atoms with Crippen molar-refractivity contribution in [1.82, 2.24) is 14.3 Å². The average Bonchev–Trinajstić information content (AvgIpc) is 3.28. The van der Waals surface area contributed by atoms with Gasteiger partial charge in [-0.15, -0.1) is 6.58 Å². The molecule has 1 aromatic heterocycles. The first-order chi connectivity index (χ1) is 14.8. The number of sulfonamides is 1. The van der Waals surface area contributed by atoms with Crippen molar-refractivity contribution >= 4 is 27.3 Å². The first-order valence-corrected chi connectivity index (χ1v) is 10.7. The molecular formula is C20H19N5O5S. The Bertz CT molecular complexity index is 1210. The van der Waals surface area contributed by atoms with Gasteiger partial charge in [0.15, 0.2) is 0 Å². The van der Waals surface area contributed by atoms with Crippen LogP contribution in [-0.2, 0) is 15.8 Å². The van der Waals surface area contributed by atoms with E-state index in [0.717, 1.165) is 0 Å². The molecule has 0 atom stereocenters. The summed E-state index contributed by atoms with van der Waals surface area (Å²) >= 11 is 0. The molecule has 1 amide bonds. The Labute approximate surface area is 178 Å². The Morgan fingerprint density at radius 3 is 2.58 bits per heavy atom. The second-order valence-electron chi connectivity index (χ2n) is 6.48. The van der Waals surface area contributed by atoms with Crippen molar-refractivity contribution in [1.29, 1.82) is 0 Å². The molecule has 0 radical (unpaired) electrons. The standard InChI is InChI=1S/C20H19N5O5S/c1-2-9-22-31(29,30)13-15-3-6-17(7-4-15)23-20(26)16-5-8-18(19(12-16)25(27)28)24-11-10-21-14-24/h2-8,10-12,14,22H,1,9,13H2,(H,23,26). The van der Waals surface area contributed by atoms with Crippen LogP contribution in [0.4, 0.5) is 11.4 Å². The zero-order valence-corrected chi connectivity index (χ0v) is 17.1. The molecule has 0 saturated carbocycles. The van der Waals surface area contributed by atoms with Gasteiger partial charge < -0.3 is 9.88 Å². The maximum absolute atomic E-state index is 12.6. The van der Waals surface area contributed by atoms with E-state index in [1.54, 1.807) is 30.5 Å². The molecule has 11 heteroatoms. The maximum atomic E-state index is 12.6. The zero-order chi connectivity index (χ0) is 22.4. The van der Waals surface area contributed by atoms with Crippen LogP contribution < -0.4 is 10.0 Å². The van der Waals surface area contributed by atoms with Crippen LogP contribution in [0.3, 0.4) is 0 Å². The molecule has 2 aromatic carbocycles. The lowest BCUT2D eigenvalue weighted by Gasteiger charge is -2.09. The molecule has 0 aliphatic rings. The van der Waals surface area contributed by atoms with E-state index < -0.39 is 20.9 Å². The van der Waals surface area contributed by atoms with Crippen molar-refractivity contribution in [3.63, 3.8) is 0 Å². The van der Waals surface area contributed by atoms with Crippen molar-refractivity contribution < 1.29 is 18.1 Å². The largest absolute Gasteiger partial charge is 0.322 e. The van der Waals surface area contributed by atoms with Crippen LogP contribution in [0.25, 0.3) is 5.69 Å². The van der Waals surface area contributed by atoms with Crippen LogP contribution in [0.1, 0.15) is 15.9 Å². The molecule has 160 valence electrons. The van der Waals surface area contributed by atoms with E-state index in [0.29, 0.717) is 11.3 Å². The summed E-state index contributed by atoms with van der Waals surface area (Å²) < 4.78 is 27.7.